The average molecular weight is 207 g/mol. The van der Waals surface area contributed by atoms with E-state index in [-0.39, 0.29) is 0 Å². The minimum atomic E-state index is 0.409. The number of anilines is 2. The number of nitrogens with zero attached hydrogens (tertiary/aromatic N) is 3. The molecule has 0 aliphatic heterocycles. The lowest BCUT2D eigenvalue weighted by molar-refractivity contribution is 1.16. The molecule has 0 radical (unpaired) electrons. The molecule has 0 saturated carbocycles. The smallest absolute Gasteiger partial charge is 0.135 e. The fourth-order valence-corrected chi connectivity index (χ4v) is 1.13. The average Bonchev–Trinajstić information content (AvgIpc) is 2.19. The summed E-state index contributed by atoms with van der Waals surface area (Å²) in [5, 5.41) is 3.46. The Balaban J connectivity index is 2.19. The number of hydrogen-bond donors (Lipinski definition) is 1. The van der Waals surface area contributed by atoms with Gasteiger partial charge in [-0.05, 0) is 12.1 Å². The van der Waals surface area contributed by atoms with E-state index in [0.29, 0.717) is 11.0 Å². The van der Waals surface area contributed by atoms with Gasteiger partial charge in [0.25, 0.3) is 0 Å². The lowest BCUT2D eigenvalue weighted by Gasteiger charge is -2.03. The molecule has 2 heterocycles. The maximum Gasteiger partial charge on any atom is 0.135 e. The first-order chi connectivity index (χ1) is 6.84. The normalized spacial score (nSPS) is 9.79. The maximum atomic E-state index is 5.70. The van der Waals surface area contributed by atoms with Crippen LogP contribution >= 0.6 is 11.6 Å². The third kappa shape index (κ3) is 2.17. The van der Waals surface area contributed by atoms with Crippen molar-refractivity contribution in [2.45, 2.75) is 0 Å². The van der Waals surface area contributed by atoms with Crippen molar-refractivity contribution >= 4 is 23.1 Å². The minimum Gasteiger partial charge on any atom is -0.339 e. The third-order valence-electron chi connectivity index (χ3n) is 1.57. The Kier molecular flexibility index (Phi) is 2.55. The zero-order valence-corrected chi connectivity index (χ0v) is 7.94. The molecule has 0 aromatic carbocycles. The van der Waals surface area contributed by atoms with Gasteiger partial charge in [0.1, 0.15) is 17.3 Å². The van der Waals surface area contributed by atoms with Crippen molar-refractivity contribution in [3.05, 3.63) is 42.1 Å². The zero-order chi connectivity index (χ0) is 9.80. The molecule has 0 fully saturated rings. The summed E-state index contributed by atoms with van der Waals surface area (Å²) < 4.78 is 0. The Morgan fingerprint density at radius 1 is 1.29 bits per heavy atom. The lowest BCUT2D eigenvalue weighted by atomic mass is 10.4. The van der Waals surface area contributed by atoms with Crippen molar-refractivity contribution in [1.29, 1.82) is 0 Å². The molecular weight excluding hydrogens is 200 g/mol. The van der Waals surface area contributed by atoms with Gasteiger partial charge in [-0.15, -0.1) is 0 Å². The van der Waals surface area contributed by atoms with Crippen LogP contribution in [0.25, 0.3) is 0 Å². The van der Waals surface area contributed by atoms with E-state index in [1.165, 1.54) is 6.33 Å². The number of halogens is 1. The highest BCUT2D eigenvalue weighted by molar-refractivity contribution is 6.29. The van der Waals surface area contributed by atoms with Crippen LogP contribution in [-0.4, -0.2) is 15.0 Å². The summed E-state index contributed by atoms with van der Waals surface area (Å²) in [6.07, 6.45) is 4.81. The monoisotopic (exact) mass is 206 g/mol. The molecule has 0 aliphatic carbocycles. The van der Waals surface area contributed by atoms with Crippen molar-refractivity contribution in [3.63, 3.8) is 0 Å². The quantitative estimate of drug-likeness (QED) is 0.766. The summed E-state index contributed by atoms with van der Waals surface area (Å²) in [5.41, 5.74) is 0.863. The summed E-state index contributed by atoms with van der Waals surface area (Å²) in [6.45, 7) is 0. The molecule has 2 rings (SSSR count). The number of rotatable bonds is 2. The molecule has 0 atom stereocenters. The van der Waals surface area contributed by atoms with Gasteiger partial charge in [0.05, 0.1) is 11.9 Å². The molecule has 0 amide bonds. The van der Waals surface area contributed by atoms with E-state index in [1.54, 1.807) is 18.5 Å². The topological polar surface area (TPSA) is 50.7 Å². The molecule has 4 nitrogen and oxygen atoms in total. The second-order valence-corrected chi connectivity index (χ2v) is 2.98. The SMILES string of the molecule is Clc1cc(Nc2cccnc2)ncn1. The van der Waals surface area contributed by atoms with Gasteiger partial charge in [0, 0.05) is 12.3 Å². The van der Waals surface area contributed by atoms with Crippen LogP contribution in [0, 0.1) is 0 Å². The van der Waals surface area contributed by atoms with E-state index in [4.69, 9.17) is 11.6 Å². The summed E-state index contributed by atoms with van der Waals surface area (Å²) in [6, 6.07) is 5.38. The third-order valence-corrected chi connectivity index (χ3v) is 1.77. The number of nitrogens with one attached hydrogen (secondary N) is 1. The van der Waals surface area contributed by atoms with E-state index in [1.807, 2.05) is 12.1 Å². The first-order valence-electron chi connectivity index (χ1n) is 3.99. The highest BCUT2D eigenvalue weighted by Crippen LogP contribution is 2.14. The van der Waals surface area contributed by atoms with Crippen LogP contribution in [0.1, 0.15) is 0 Å². The summed E-state index contributed by atoms with van der Waals surface area (Å²) in [5.74, 6) is 0.651. The summed E-state index contributed by atoms with van der Waals surface area (Å²) in [4.78, 5) is 11.7. The molecule has 0 aliphatic rings. The molecule has 0 bridgehead atoms. The molecule has 1 N–H and O–H groups in total. The molecule has 70 valence electrons. The molecule has 2 aromatic rings. The van der Waals surface area contributed by atoms with Gasteiger partial charge < -0.3 is 5.32 Å². The molecule has 0 saturated heterocycles. The van der Waals surface area contributed by atoms with Gasteiger partial charge in [-0.25, -0.2) is 9.97 Å². The first kappa shape index (κ1) is 8.90. The minimum absolute atomic E-state index is 0.409. The van der Waals surface area contributed by atoms with Crippen LogP contribution in [0.4, 0.5) is 11.5 Å². The molecule has 14 heavy (non-hydrogen) atoms. The highest BCUT2D eigenvalue weighted by atomic mass is 35.5. The number of hydrogen-bond acceptors (Lipinski definition) is 4. The Bertz CT molecular complexity index is 418. The van der Waals surface area contributed by atoms with Crippen molar-refractivity contribution < 1.29 is 0 Å². The Hall–Kier alpha value is -1.68. The Labute approximate surface area is 86.0 Å². The van der Waals surface area contributed by atoms with Crippen LogP contribution in [0.15, 0.2) is 36.9 Å². The highest BCUT2D eigenvalue weighted by Gasteiger charge is 1.96. The van der Waals surface area contributed by atoms with Gasteiger partial charge in [-0.1, -0.05) is 11.6 Å². The van der Waals surface area contributed by atoms with Crippen molar-refractivity contribution in [2.75, 3.05) is 5.32 Å². The molecular formula is C9H7ClN4. The molecule has 0 unspecified atom stereocenters. The second kappa shape index (κ2) is 4.02. The second-order valence-electron chi connectivity index (χ2n) is 2.59. The molecule has 0 spiro atoms. The van der Waals surface area contributed by atoms with Crippen LogP contribution in [0.2, 0.25) is 5.15 Å². The first-order valence-corrected chi connectivity index (χ1v) is 4.37. The maximum absolute atomic E-state index is 5.70. The predicted octanol–water partition coefficient (Wildman–Crippen LogP) is 2.27. The van der Waals surface area contributed by atoms with Gasteiger partial charge >= 0.3 is 0 Å². The predicted molar refractivity (Wildman–Crippen MR) is 54.6 cm³/mol. The van der Waals surface area contributed by atoms with E-state index in [9.17, 15) is 0 Å². The largest absolute Gasteiger partial charge is 0.339 e. The van der Waals surface area contributed by atoms with Crippen LogP contribution in [-0.2, 0) is 0 Å². The Morgan fingerprint density at radius 3 is 2.93 bits per heavy atom. The van der Waals surface area contributed by atoms with E-state index in [0.717, 1.165) is 5.69 Å². The fourth-order valence-electron chi connectivity index (χ4n) is 0.987. The standard InChI is InChI=1S/C9H7ClN4/c10-8-4-9(13-6-12-8)14-7-2-1-3-11-5-7/h1-6H,(H,12,13,14). The molecule has 2 aromatic heterocycles. The molecule has 5 heteroatoms. The Morgan fingerprint density at radius 2 is 2.21 bits per heavy atom. The van der Waals surface area contributed by atoms with E-state index >= 15 is 0 Å². The zero-order valence-electron chi connectivity index (χ0n) is 7.18. The van der Waals surface area contributed by atoms with Crippen LogP contribution in [0.5, 0.6) is 0 Å². The summed E-state index contributed by atoms with van der Waals surface area (Å²) in [7, 11) is 0. The van der Waals surface area contributed by atoms with Crippen LogP contribution < -0.4 is 5.32 Å². The van der Waals surface area contributed by atoms with Crippen molar-refractivity contribution in [2.24, 2.45) is 0 Å². The lowest BCUT2D eigenvalue weighted by Crippen LogP contribution is -1.94. The van der Waals surface area contributed by atoms with E-state index in [2.05, 4.69) is 20.3 Å². The van der Waals surface area contributed by atoms with E-state index < -0.39 is 0 Å². The number of aromatic nitrogens is 3. The van der Waals surface area contributed by atoms with Gasteiger partial charge in [-0.3, -0.25) is 4.98 Å². The van der Waals surface area contributed by atoms with Crippen LogP contribution in [0.3, 0.4) is 0 Å². The van der Waals surface area contributed by atoms with Crippen molar-refractivity contribution in [1.82, 2.24) is 15.0 Å². The van der Waals surface area contributed by atoms with Gasteiger partial charge in [0.2, 0.25) is 0 Å². The summed E-state index contributed by atoms with van der Waals surface area (Å²) >= 11 is 5.70. The number of pyridine rings is 1. The van der Waals surface area contributed by atoms with Gasteiger partial charge in [-0.2, -0.15) is 0 Å². The fraction of sp³-hybridized carbons (Fsp3) is 0. The van der Waals surface area contributed by atoms with Crippen molar-refractivity contribution in [3.8, 4) is 0 Å². The van der Waals surface area contributed by atoms with Gasteiger partial charge in [0.15, 0.2) is 0 Å².